The van der Waals surface area contributed by atoms with Crippen LogP contribution in [0.3, 0.4) is 0 Å². The van der Waals surface area contributed by atoms with E-state index >= 15 is 0 Å². The van der Waals surface area contributed by atoms with Crippen molar-refractivity contribution >= 4 is 17.4 Å². The van der Waals surface area contributed by atoms with Crippen LogP contribution in [0.2, 0.25) is 0 Å². The molecule has 9 heavy (non-hydrogen) atoms. The third-order valence-electron chi connectivity index (χ3n) is 0. The molecule has 0 aliphatic heterocycles. The van der Waals surface area contributed by atoms with E-state index in [-0.39, 0.29) is 27.4 Å². The van der Waals surface area contributed by atoms with Crippen molar-refractivity contribution in [1.82, 2.24) is 0 Å². The summed E-state index contributed by atoms with van der Waals surface area (Å²) in [6, 6.07) is 0. The molecule has 5 nitrogen and oxygen atoms in total. The molecule has 0 aliphatic carbocycles. The fourth-order valence-electron chi connectivity index (χ4n) is 0. The van der Waals surface area contributed by atoms with E-state index in [0.717, 1.165) is 0 Å². The first-order chi connectivity index (χ1) is 1.73. The molecule has 0 aromatic heterocycles. The topological polar surface area (TPSA) is 158 Å². The zero-order valence-electron chi connectivity index (χ0n) is 4.13. The van der Waals surface area contributed by atoms with Gasteiger partial charge in [0.1, 0.15) is 0 Å². The van der Waals surface area contributed by atoms with Crippen molar-refractivity contribution in [3.05, 3.63) is 0 Å². The molecular weight excluding hydrogens is 331 g/mol. The van der Waals surface area contributed by atoms with Crippen molar-refractivity contribution in [2.24, 2.45) is 0 Å². The third-order valence-corrected chi connectivity index (χ3v) is 0. The van der Waals surface area contributed by atoms with E-state index in [1.54, 1.807) is 0 Å². The summed E-state index contributed by atoms with van der Waals surface area (Å²) in [6.45, 7) is 0. The van der Waals surface area contributed by atoms with Crippen LogP contribution in [0.4, 0.5) is 0 Å². The quantitative estimate of drug-likeness (QED) is 0.475. The zero-order chi connectivity index (χ0) is 3.58. The Bertz CT molecular complexity index is 16.9. The average Bonchev–Trinajstić information content (AvgIpc) is 0.811. The molecule has 0 amide bonds. The van der Waals surface area contributed by atoms with Gasteiger partial charge in [0.15, 0.2) is 0 Å². The van der Waals surface area contributed by atoms with Gasteiger partial charge in [0.2, 0.25) is 0 Å². The molecule has 0 heterocycles. The summed E-state index contributed by atoms with van der Waals surface area (Å²) in [4.78, 5) is 0. The zero-order valence-corrected chi connectivity index (χ0v) is 9.61. The first-order valence-corrected chi connectivity index (χ1v) is 12.6. The SMILES string of the molecule is O.O.O.O.O.[Cl][Nd]([Cl])[Cl]. The van der Waals surface area contributed by atoms with Crippen LogP contribution in [0, 0.1) is 29.9 Å². The number of hydrogen-bond donors (Lipinski definition) is 0. The molecule has 0 atom stereocenters. The number of rotatable bonds is 0. The molecule has 0 saturated carbocycles. The van der Waals surface area contributed by atoms with Crippen molar-refractivity contribution in [3.8, 4) is 0 Å². The maximum atomic E-state index is 5.02. The van der Waals surface area contributed by atoms with E-state index in [1.165, 1.54) is 0 Å². The van der Waals surface area contributed by atoms with Crippen molar-refractivity contribution in [2.45, 2.75) is 0 Å². The molecule has 0 rings (SSSR count). The van der Waals surface area contributed by atoms with Gasteiger partial charge in [0, 0.05) is 0 Å². The minimum atomic E-state index is -2.24. The van der Waals surface area contributed by atoms with Gasteiger partial charge in [-0.2, -0.15) is 0 Å². The summed E-state index contributed by atoms with van der Waals surface area (Å²) in [5.74, 6) is 15.1. The molecule has 0 aliphatic rings. The van der Waals surface area contributed by atoms with Crippen molar-refractivity contribution in [3.63, 3.8) is 0 Å². The summed E-state index contributed by atoms with van der Waals surface area (Å²) in [5.41, 5.74) is 0. The second kappa shape index (κ2) is 32.3. The van der Waals surface area contributed by atoms with Crippen LogP contribution in [0.1, 0.15) is 0 Å². The molecular formula is H10Cl3NdO5. The molecule has 0 unspecified atom stereocenters. The fourth-order valence-corrected chi connectivity index (χ4v) is 0. The minimum absolute atomic E-state index is 0. The van der Waals surface area contributed by atoms with Crippen LogP contribution >= 0.6 is 17.4 Å². The Morgan fingerprint density at radius 3 is 0.556 bits per heavy atom. The van der Waals surface area contributed by atoms with E-state index < -0.39 is 29.9 Å². The first-order valence-electron chi connectivity index (χ1n) is 0.567. The van der Waals surface area contributed by atoms with E-state index in [9.17, 15) is 0 Å². The maximum absolute atomic E-state index is 5.02. The van der Waals surface area contributed by atoms with Crippen LogP contribution in [-0.2, 0) is 0 Å². The van der Waals surface area contributed by atoms with E-state index in [2.05, 4.69) is 0 Å². The summed E-state index contributed by atoms with van der Waals surface area (Å²) >= 11 is -2.24. The Hall–Kier alpha value is 2.02. The molecule has 9 heteroatoms. The summed E-state index contributed by atoms with van der Waals surface area (Å²) in [5, 5.41) is 0. The van der Waals surface area contributed by atoms with Gasteiger partial charge in [-0.15, -0.1) is 0 Å². The van der Waals surface area contributed by atoms with Crippen LogP contribution in [-0.4, -0.2) is 27.4 Å². The van der Waals surface area contributed by atoms with Crippen molar-refractivity contribution in [2.75, 3.05) is 0 Å². The molecule has 0 aromatic carbocycles. The van der Waals surface area contributed by atoms with Crippen molar-refractivity contribution in [1.29, 1.82) is 0 Å². The predicted molar refractivity (Wildman–Crippen MR) is 35.6 cm³/mol. The predicted octanol–water partition coefficient (Wildman–Crippen LogP) is -2.06. The van der Waals surface area contributed by atoms with E-state index in [0.29, 0.717) is 0 Å². The normalized spacial score (nSPS) is 3.00. The molecule has 0 aromatic rings. The standard InChI is InChI=1S/3ClH.Nd.5H2O/h3*1H;;5*1H2/q;;;+3;;;;;/p-3. The van der Waals surface area contributed by atoms with Crippen LogP contribution in [0.5, 0.6) is 0 Å². The molecule has 0 spiro atoms. The average molecular weight is 341 g/mol. The van der Waals surface area contributed by atoms with Crippen molar-refractivity contribution < 1.29 is 57.3 Å². The van der Waals surface area contributed by atoms with Gasteiger partial charge >= 0.3 is 47.3 Å². The summed E-state index contributed by atoms with van der Waals surface area (Å²) in [6.07, 6.45) is 0. The Morgan fingerprint density at radius 1 is 0.556 bits per heavy atom. The van der Waals surface area contributed by atoms with Gasteiger partial charge in [-0.25, -0.2) is 0 Å². The first kappa shape index (κ1) is 43.9. The van der Waals surface area contributed by atoms with E-state index in [4.69, 9.17) is 17.4 Å². The van der Waals surface area contributed by atoms with Gasteiger partial charge in [-0.3, -0.25) is 0 Å². The summed E-state index contributed by atoms with van der Waals surface area (Å²) in [7, 11) is 0. The van der Waals surface area contributed by atoms with Gasteiger partial charge in [-0.05, 0) is 0 Å². The van der Waals surface area contributed by atoms with E-state index in [1.807, 2.05) is 0 Å². The number of hydrogen-bond acceptors (Lipinski definition) is 0. The molecule has 0 saturated heterocycles. The van der Waals surface area contributed by atoms with Gasteiger partial charge in [0.25, 0.3) is 0 Å². The molecule has 10 N–H and O–H groups in total. The second-order valence-electron chi connectivity index (χ2n) is 0.214. The Morgan fingerprint density at radius 2 is 0.556 bits per heavy atom. The Labute approximate surface area is 73.5 Å². The molecule has 0 bridgehead atoms. The van der Waals surface area contributed by atoms with Crippen LogP contribution in [0.25, 0.3) is 0 Å². The monoisotopic (exact) mass is 337 g/mol. The molecule has 0 radical (unpaired) electrons. The van der Waals surface area contributed by atoms with Crippen LogP contribution < -0.4 is 0 Å². The van der Waals surface area contributed by atoms with Gasteiger partial charge in [0.05, 0.1) is 0 Å². The van der Waals surface area contributed by atoms with Crippen LogP contribution in [0.15, 0.2) is 0 Å². The third kappa shape index (κ3) is 158. The Balaban J connectivity index is -0.00000000450. The fraction of sp³-hybridized carbons (Fsp3) is 0. The van der Waals surface area contributed by atoms with Gasteiger partial charge < -0.3 is 27.4 Å². The number of halogens is 3. The molecule has 65 valence electrons. The second-order valence-corrected chi connectivity index (χ2v) is 14.3. The Kier molecular flexibility index (Phi) is 158. The summed E-state index contributed by atoms with van der Waals surface area (Å²) < 4.78 is 0. The van der Waals surface area contributed by atoms with Gasteiger partial charge in [-0.1, -0.05) is 0 Å². The molecule has 0 fully saturated rings.